The average Bonchev–Trinajstić information content (AvgIpc) is 3.38. The van der Waals surface area contributed by atoms with Crippen LogP contribution in [0.5, 0.6) is 23.0 Å². The fourth-order valence-corrected chi connectivity index (χ4v) is 8.02. The smallest absolute Gasteiger partial charge is 0.343 e. The Morgan fingerprint density at radius 1 is 0.397 bits per heavy atom. The lowest BCUT2D eigenvalue weighted by molar-refractivity contribution is -0.139. The predicted molar refractivity (Wildman–Crippen MR) is 281 cm³/mol. The molecule has 0 fully saturated rings. The zero-order chi connectivity index (χ0) is 52.9. The highest BCUT2D eigenvalue weighted by Crippen LogP contribution is 2.32. The second-order valence-electron chi connectivity index (χ2n) is 19.1. The second-order valence-corrected chi connectivity index (χ2v) is 19.1. The number of carbonyl (C=O) groups is 4. The maximum Gasteiger partial charge on any atom is 0.343 e. The van der Waals surface area contributed by atoms with Gasteiger partial charge >= 0.3 is 23.9 Å². The fourth-order valence-electron chi connectivity index (χ4n) is 8.02. The van der Waals surface area contributed by atoms with Crippen LogP contribution >= 0.6 is 0 Å². The molecule has 0 N–H and O–H groups in total. The Hall–Kier alpha value is -5.59. The molecule has 0 bridgehead atoms. The Bertz CT molecular complexity index is 2090. The van der Waals surface area contributed by atoms with Gasteiger partial charge in [0.25, 0.3) is 0 Å². The lowest BCUT2D eigenvalue weighted by Gasteiger charge is -2.12. The molecule has 0 aromatic heterocycles. The first kappa shape index (κ1) is 61.7. The fraction of sp³-hybridized carbons (Fsp3) is 0.567. The molecule has 10 nitrogen and oxygen atoms in total. The van der Waals surface area contributed by atoms with Crippen LogP contribution in [-0.2, 0) is 19.1 Å². The van der Waals surface area contributed by atoms with Crippen LogP contribution in [0, 0.1) is 17.5 Å². The molecule has 0 aliphatic carbocycles. The summed E-state index contributed by atoms with van der Waals surface area (Å²) < 4.78 is 76.8. The van der Waals surface area contributed by atoms with Crippen molar-refractivity contribution in [1.82, 2.24) is 0 Å². The number of ether oxygens (including phenoxy) is 6. The van der Waals surface area contributed by atoms with Gasteiger partial charge in [0, 0.05) is 17.2 Å². The lowest BCUT2D eigenvalue weighted by Crippen LogP contribution is -2.14. The molecule has 0 radical (unpaired) electrons. The molecule has 0 aliphatic heterocycles. The topological polar surface area (TPSA) is 124 Å². The Labute approximate surface area is 433 Å². The van der Waals surface area contributed by atoms with Crippen molar-refractivity contribution < 1.29 is 60.8 Å². The largest absolute Gasteiger partial charge is 0.494 e. The Kier molecular flexibility index (Phi) is 32.2. The summed E-state index contributed by atoms with van der Waals surface area (Å²) in [7, 11) is 0. The molecule has 404 valence electrons. The summed E-state index contributed by atoms with van der Waals surface area (Å²) in [6, 6.07) is 12.3. The molecule has 0 unspecified atom stereocenters. The molecule has 0 saturated heterocycles. The molecule has 0 amide bonds. The summed E-state index contributed by atoms with van der Waals surface area (Å²) in [5.74, 6) is -8.90. The van der Waals surface area contributed by atoms with E-state index in [1.165, 1.54) is 140 Å². The van der Waals surface area contributed by atoms with Gasteiger partial charge in [-0.05, 0) is 88.1 Å². The summed E-state index contributed by atoms with van der Waals surface area (Å²) >= 11 is 0. The molecule has 0 aliphatic rings. The maximum absolute atomic E-state index is 15.0. The summed E-state index contributed by atoms with van der Waals surface area (Å²) in [5.41, 5.74) is 0.864. The molecule has 73 heavy (non-hydrogen) atoms. The van der Waals surface area contributed by atoms with Crippen molar-refractivity contribution in [3.05, 3.63) is 107 Å². The lowest BCUT2D eigenvalue weighted by atomic mass is 10.0. The van der Waals surface area contributed by atoms with Gasteiger partial charge in [-0.25, -0.2) is 23.6 Å². The third-order valence-corrected chi connectivity index (χ3v) is 12.4. The number of unbranched alkanes of at least 4 members (excludes halogenated alkanes) is 26. The third kappa shape index (κ3) is 27.3. The van der Waals surface area contributed by atoms with E-state index in [-0.39, 0.29) is 23.1 Å². The zero-order valence-electron chi connectivity index (χ0n) is 44.0. The molecular weight excluding hydrogens is 938 g/mol. The molecule has 3 rings (SSSR count). The van der Waals surface area contributed by atoms with Gasteiger partial charge in [-0.1, -0.05) is 167 Å². The minimum Gasteiger partial charge on any atom is -0.494 e. The van der Waals surface area contributed by atoms with Crippen LogP contribution in [0.2, 0.25) is 0 Å². The van der Waals surface area contributed by atoms with Gasteiger partial charge in [0.2, 0.25) is 17.4 Å². The number of rotatable bonds is 42. The van der Waals surface area contributed by atoms with Crippen molar-refractivity contribution in [2.45, 2.75) is 194 Å². The van der Waals surface area contributed by atoms with Crippen LogP contribution in [0.25, 0.3) is 0 Å². The van der Waals surface area contributed by atoms with Gasteiger partial charge in [-0.3, -0.25) is 0 Å². The number of halogens is 3. The van der Waals surface area contributed by atoms with Crippen molar-refractivity contribution >= 4 is 23.9 Å². The molecule has 0 spiro atoms. The van der Waals surface area contributed by atoms with E-state index in [4.69, 9.17) is 28.4 Å². The van der Waals surface area contributed by atoms with Crippen molar-refractivity contribution in [2.75, 3.05) is 26.4 Å². The van der Waals surface area contributed by atoms with Crippen molar-refractivity contribution in [3.8, 4) is 23.0 Å². The summed E-state index contributed by atoms with van der Waals surface area (Å²) in [6.45, 7) is 12.4. The van der Waals surface area contributed by atoms with Crippen molar-refractivity contribution in [1.29, 1.82) is 0 Å². The van der Waals surface area contributed by atoms with E-state index in [1.54, 1.807) is 38.1 Å². The number of carbonyl (C=O) groups excluding carboxylic acids is 4. The van der Waals surface area contributed by atoms with Crippen LogP contribution < -0.4 is 18.9 Å². The molecule has 0 heterocycles. The molecule has 0 saturated carbocycles. The maximum atomic E-state index is 15.0. The zero-order valence-corrected chi connectivity index (χ0v) is 44.0. The van der Waals surface area contributed by atoms with Gasteiger partial charge in [0.15, 0.2) is 11.6 Å². The summed E-state index contributed by atoms with van der Waals surface area (Å²) in [6.07, 6.45) is 32.3. The minimum atomic E-state index is -1.82. The molecule has 13 heteroatoms. The van der Waals surface area contributed by atoms with Gasteiger partial charge in [0.05, 0.1) is 37.6 Å². The van der Waals surface area contributed by atoms with E-state index in [9.17, 15) is 19.2 Å². The highest BCUT2D eigenvalue weighted by atomic mass is 19.2. The summed E-state index contributed by atoms with van der Waals surface area (Å²) in [4.78, 5) is 48.3. The second kappa shape index (κ2) is 38.1. The van der Waals surface area contributed by atoms with Crippen LogP contribution in [-0.4, -0.2) is 50.3 Å². The van der Waals surface area contributed by atoms with Gasteiger partial charge < -0.3 is 28.4 Å². The van der Waals surface area contributed by atoms with Crippen LogP contribution in [0.4, 0.5) is 13.2 Å². The van der Waals surface area contributed by atoms with E-state index >= 15 is 13.2 Å². The van der Waals surface area contributed by atoms with E-state index in [1.807, 2.05) is 0 Å². The SMILES string of the molecule is C=C(C)C(=O)OCCCCCCCCCCCCCCCCOc1ccc(C(=O)Oc2cc(F)c(OC(=O)c3ccc(OCCCCCCCCCCCCCCCCOC(=O)C(=C)C)cc3)c(F)c2F)cc1. The van der Waals surface area contributed by atoms with E-state index in [2.05, 4.69) is 13.2 Å². The Morgan fingerprint density at radius 2 is 0.685 bits per heavy atom. The minimum absolute atomic E-state index is 0.0116. The van der Waals surface area contributed by atoms with E-state index in [0.717, 1.165) is 64.2 Å². The normalized spacial score (nSPS) is 11.0. The third-order valence-electron chi connectivity index (χ3n) is 12.4. The summed E-state index contributed by atoms with van der Waals surface area (Å²) in [5, 5.41) is 0. The first-order valence-electron chi connectivity index (χ1n) is 27.1. The first-order valence-corrected chi connectivity index (χ1v) is 27.1. The number of hydrogen-bond donors (Lipinski definition) is 0. The number of benzene rings is 3. The average molecular weight is 1020 g/mol. The van der Waals surface area contributed by atoms with Crippen LogP contribution in [0.15, 0.2) is 78.9 Å². The number of esters is 4. The quantitative estimate of drug-likeness (QED) is 0.0178. The monoisotopic (exact) mass is 1020 g/mol. The first-order chi connectivity index (χ1) is 35.4. The highest BCUT2D eigenvalue weighted by Gasteiger charge is 2.26. The molecular formula is C60H83F3O10. The van der Waals surface area contributed by atoms with Crippen molar-refractivity contribution in [2.24, 2.45) is 0 Å². The van der Waals surface area contributed by atoms with Crippen LogP contribution in [0.3, 0.4) is 0 Å². The van der Waals surface area contributed by atoms with Crippen LogP contribution in [0.1, 0.15) is 214 Å². The molecule has 3 aromatic carbocycles. The highest BCUT2D eigenvalue weighted by molar-refractivity contribution is 5.92. The molecule has 0 atom stereocenters. The van der Waals surface area contributed by atoms with Crippen molar-refractivity contribution in [3.63, 3.8) is 0 Å². The standard InChI is InChI=1S/C60H83F3O10/c1-46(2)57(64)70-43-31-27-23-19-15-11-7-5-9-13-17-21-25-29-41-68-50-37-33-48(34-38-50)59(66)72-53-45-52(61)56(55(63)54(53)62)73-60(67)49-35-39-51(40-36-49)69-42-30-26-22-18-14-10-6-8-12-16-20-24-28-32-44-71-58(65)47(3)4/h33-40,45H,1,3,5-32,41-44H2,2,4H3. The Morgan fingerprint density at radius 3 is 1.00 bits per heavy atom. The number of hydrogen-bond acceptors (Lipinski definition) is 10. The molecule has 3 aromatic rings. The van der Waals surface area contributed by atoms with Gasteiger partial charge in [-0.2, -0.15) is 8.78 Å². The van der Waals surface area contributed by atoms with E-state index < -0.39 is 40.9 Å². The van der Waals surface area contributed by atoms with Gasteiger partial charge in [0.1, 0.15) is 11.5 Å². The van der Waals surface area contributed by atoms with Gasteiger partial charge in [-0.15, -0.1) is 0 Å². The predicted octanol–water partition coefficient (Wildman–Crippen LogP) is 16.5. The van der Waals surface area contributed by atoms with E-state index in [0.29, 0.717) is 55.1 Å². The Balaban J connectivity index is 1.20.